The lowest BCUT2D eigenvalue weighted by Crippen LogP contribution is -2.21. The van der Waals surface area contributed by atoms with Crippen molar-refractivity contribution < 1.29 is 9.59 Å². The van der Waals surface area contributed by atoms with Gasteiger partial charge in [-0.25, -0.2) is 0 Å². The Morgan fingerprint density at radius 2 is 2.29 bits per heavy atom. The van der Waals surface area contributed by atoms with E-state index in [0.29, 0.717) is 6.41 Å². The number of carbonyl (C=O) groups is 2. The minimum Gasteiger partial charge on any atom is -0.368 e. The molecular formula is C3H5N2O2. The maximum Gasteiger partial charge on any atom is 0.242 e. The first-order chi connectivity index (χ1) is 3.27. The highest BCUT2D eigenvalue weighted by Gasteiger charge is 1.87. The van der Waals surface area contributed by atoms with E-state index < -0.39 is 5.91 Å². The molecule has 0 aliphatic carbocycles. The van der Waals surface area contributed by atoms with Crippen molar-refractivity contribution in [1.82, 2.24) is 5.32 Å². The van der Waals surface area contributed by atoms with E-state index in [2.05, 4.69) is 5.73 Å². The SMILES string of the molecule is NC(=O)[CH]NC=O. The number of nitrogens with one attached hydrogen (secondary N) is 1. The smallest absolute Gasteiger partial charge is 0.242 e. The van der Waals surface area contributed by atoms with Gasteiger partial charge in [0.25, 0.3) is 0 Å². The van der Waals surface area contributed by atoms with Gasteiger partial charge < -0.3 is 11.1 Å². The molecule has 0 aliphatic rings. The summed E-state index contributed by atoms with van der Waals surface area (Å²) in [7, 11) is 0. The molecule has 0 unspecified atom stereocenters. The molecule has 3 N–H and O–H groups in total. The Bertz CT molecular complexity index is 81.0. The first-order valence-corrected chi connectivity index (χ1v) is 1.59. The predicted molar refractivity (Wildman–Crippen MR) is 22.7 cm³/mol. The third-order valence-corrected chi connectivity index (χ3v) is 0.294. The van der Waals surface area contributed by atoms with Crippen molar-refractivity contribution in [2.75, 3.05) is 0 Å². The minimum absolute atomic E-state index is 0.366. The van der Waals surface area contributed by atoms with Crippen LogP contribution in [0.2, 0.25) is 0 Å². The van der Waals surface area contributed by atoms with Crippen LogP contribution in [-0.2, 0) is 9.59 Å². The first kappa shape index (κ1) is 5.94. The Morgan fingerprint density at radius 3 is 2.43 bits per heavy atom. The van der Waals surface area contributed by atoms with E-state index in [1.807, 2.05) is 5.32 Å². The van der Waals surface area contributed by atoms with Gasteiger partial charge in [0.1, 0.15) is 6.54 Å². The van der Waals surface area contributed by atoms with Gasteiger partial charge >= 0.3 is 0 Å². The van der Waals surface area contributed by atoms with Crippen LogP contribution in [0.25, 0.3) is 0 Å². The maximum absolute atomic E-state index is 9.70. The van der Waals surface area contributed by atoms with Gasteiger partial charge in [-0.05, 0) is 0 Å². The molecule has 7 heavy (non-hydrogen) atoms. The van der Waals surface area contributed by atoms with Gasteiger partial charge in [-0.15, -0.1) is 0 Å². The van der Waals surface area contributed by atoms with E-state index in [0.717, 1.165) is 6.54 Å². The molecule has 1 radical (unpaired) electrons. The van der Waals surface area contributed by atoms with Gasteiger partial charge in [-0.2, -0.15) is 0 Å². The number of rotatable bonds is 3. The van der Waals surface area contributed by atoms with E-state index in [-0.39, 0.29) is 0 Å². The average Bonchev–Trinajstić information content (AvgIpc) is 1.61. The second-order valence-corrected chi connectivity index (χ2v) is 0.831. The van der Waals surface area contributed by atoms with E-state index in [1.54, 1.807) is 0 Å². The van der Waals surface area contributed by atoms with E-state index >= 15 is 0 Å². The van der Waals surface area contributed by atoms with Gasteiger partial charge in [0, 0.05) is 0 Å². The highest BCUT2D eigenvalue weighted by molar-refractivity contribution is 5.84. The Hall–Kier alpha value is -1.06. The molecular weight excluding hydrogens is 96.0 g/mol. The second-order valence-electron chi connectivity index (χ2n) is 0.831. The van der Waals surface area contributed by atoms with Crippen LogP contribution in [0.4, 0.5) is 0 Å². The van der Waals surface area contributed by atoms with Crippen molar-refractivity contribution in [3.8, 4) is 0 Å². The van der Waals surface area contributed by atoms with Crippen molar-refractivity contribution in [3.05, 3.63) is 6.54 Å². The van der Waals surface area contributed by atoms with Gasteiger partial charge in [-0.1, -0.05) is 0 Å². The van der Waals surface area contributed by atoms with Crippen LogP contribution >= 0.6 is 0 Å². The summed E-state index contributed by atoms with van der Waals surface area (Å²) in [4.78, 5) is 19.1. The molecule has 0 heterocycles. The van der Waals surface area contributed by atoms with E-state index in [9.17, 15) is 9.59 Å². The average molecular weight is 101 g/mol. The molecule has 0 aromatic carbocycles. The zero-order chi connectivity index (χ0) is 5.70. The van der Waals surface area contributed by atoms with Crippen LogP contribution in [0.15, 0.2) is 0 Å². The number of primary amides is 1. The molecule has 0 fully saturated rings. The Kier molecular flexibility index (Phi) is 2.67. The highest BCUT2D eigenvalue weighted by Crippen LogP contribution is 1.56. The van der Waals surface area contributed by atoms with Crippen LogP contribution in [-0.4, -0.2) is 12.3 Å². The minimum atomic E-state index is -0.660. The third kappa shape index (κ3) is 4.94. The fraction of sp³-hybridized carbons (Fsp3) is 0. The van der Waals surface area contributed by atoms with Gasteiger partial charge in [0.2, 0.25) is 12.3 Å². The van der Waals surface area contributed by atoms with Crippen molar-refractivity contribution in [3.63, 3.8) is 0 Å². The summed E-state index contributed by atoms with van der Waals surface area (Å²) >= 11 is 0. The molecule has 0 rings (SSSR count). The van der Waals surface area contributed by atoms with Crippen molar-refractivity contribution in [1.29, 1.82) is 0 Å². The lowest BCUT2D eigenvalue weighted by molar-refractivity contribution is -0.117. The van der Waals surface area contributed by atoms with Crippen molar-refractivity contribution in [2.24, 2.45) is 5.73 Å². The summed E-state index contributed by atoms with van der Waals surface area (Å²) in [6.07, 6.45) is 0.366. The van der Waals surface area contributed by atoms with Crippen LogP contribution in [0.3, 0.4) is 0 Å². The molecule has 4 nitrogen and oxygen atoms in total. The lowest BCUT2D eigenvalue weighted by Gasteiger charge is -1.85. The molecule has 39 valence electrons. The third-order valence-electron chi connectivity index (χ3n) is 0.294. The van der Waals surface area contributed by atoms with Crippen LogP contribution in [0.1, 0.15) is 0 Å². The number of carbonyl (C=O) groups excluding carboxylic acids is 2. The molecule has 2 amide bonds. The summed E-state index contributed by atoms with van der Waals surface area (Å²) in [5, 5.41) is 1.97. The van der Waals surface area contributed by atoms with Gasteiger partial charge in [0.05, 0.1) is 0 Å². The van der Waals surface area contributed by atoms with Gasteiger partial charge in [-0.3, -0.25) is 9.59 Å². The van der Waals surface area contributed by atoms with Crippen molar-refractivity contribution >= 4 is 12.3 Å². The molecule has 4 heteroatoms. The molecule has 0 aliphatic heterocycles. The second kappa shape index (κ2) is 3.14. The van der Waals surface area contributed by atoms with Crippen LogP contribution < -0.4 is 11.1 Å². The first-order valence-electron chi connectivity index (χ1n) is 1.59. The standard InChI is InChI=1S/C3H5N2O2/c4-3(7)1-5-2-6/h1-2H,(H2,4,7)(H,5,6). The molecule has 0 saturated carbocycles. The number of nitrogens with two attached hydrogens (primary N) is 1. The largest absolute Gasteiger partial charge is 0.368 e. The Labute approximate surface area is 40.7 Å². The molecule has 0 saturated heterocycles. The van der Waals surface area contributed by atoms with Gasteiger partial charge in [0.15, 0.2) is 0 Å². The Balaban J connectivity index is 2.97. The summed E-state index contributed by atoms with van der Waals surface area (Å²) in [6.45, 7) is 0.868. The zero-order valence-corrected chi connectivity index (χ0v) is 3.55. The summed E-state index contributed by atoms with van der Waals surface area (Å²) < 4.78 is 0. The summed E-state index contributed by atoms with van der Waals surface area (Å²) in [6, 6.07) is 0. The predicted octanol–water partition coefficient (Wildman–Crippen LogP) is -1.62. The highest BCUT2D eigenvalue weighted by atomic mass is 16.2. The quantitative estimate of drug-likeness (QED) is 0.419. The Morgan fingerprint density at radius 1 is 1.71 bits per heavy atom. The number of hydrogen-bond donors (Lipinski definition) is 2. The number of hydrogen-bond acceptors (Lipinski definition) is 2. The normalized spacial score (nSPS) is 7.43. The molecule has 0 aromatic rings. The molecule has 0 spiro atoms. The molecule has 0 aromatic heterocycles. The summed E-state index contributed by atoms with van der Waals surface area (Å²) in [5.74, 6) is -0.660. The molecule has 0 bridgehead atoms. The van der Waals surface area contributed by atoms with Crippen molar-refractivity contribution in [2.45, 2.75) is 0 Å². The fourth-order valence-electron chi connectivity index (χ4n) is 0.116. The van der Waals surface area contributed by atoms with E-state index in [1.165, 1.54) is 0 Å². The van der Waals surface area contributed by atoms with E-state index in [4.69, 9.17) is 0 Å². The zero-order valence-electron chi connectivity index (χ0n) is 3.55. The summed E-state index contributed by atoms with van der Waals surface area (Å²) in [5.41, 5.74) is 4.56. The monoisotopic (exact) mass is 101 g/mol. The topological polar surface area (TPSA) is 72.2 Å². The lowest BCUT2D eigenvalue weighted by atomic mass is 10.6. The number of amides is 2. The van der Waals surface area contributed by atoms with Crippen LogP contribution in [0, 0.1) is 6.54 Å². The van der Waals surface area contributed by atoms with Crippen LogP contribution in [0.5, 0.6) is 0 Å². The molecule has 0 atom stereocenters. The maximum atomic E-state index is 9.70. The fourth-order valence-corrected chi connectivity index (χ4v) is 0.116.